The molecule has 1 aromatic carbocycles. The van der Waals surface area contributed by atoms with Crippen molar-refractivity contribution in [3.05, 3.63) is 28.2 Å². The van der Waals surface area contributed by atoms with Gasteiger partial charge in [-0.3, -0.25) is 0 Å². The van der Waals surface area contributed by atoms with Crippen molar-refractivity contribution in [1.29, 1.82) is 0 Å². The summed E-state index contributed by atoms with van der Waals surface area (Å²) in [5.41, 5.74) is 0.763. The maximum absolute atomic E-state index is 9.49. The zero-order chi connectivity index (χ0) is 9.14. The third-order valence-electron chi connectivity index (χ3n) is 1.59. The third-order valence-corrected chi connectivity index (χ3v) is 2.23. The fourth-order valence-corrected chi connectivity index (χ4v) is 1.45. The number of aromatic hydroxyl groups is 1. The molecule has 12 heavy (non-hydrogen) atoms. The van der Waals surface area contributed by atoms with Gasteiger partial charge in [0, 0.05) is 6.42 Å². The standard InChI is InChI=1S/C9H11BrO2/c1-6(11)5-7-3-2-4-8(10)9(7)12/h2-4,6,11-12H,5H2,1H3/t6-/m0/s1. The van der Waals surface area contributed by atoms with E-state index in [-0.39, 0.29) is 5.75 Å². The smallest absolute Gasteiger partial charge is 0.133 e. The van der Waals surface area contributed by atoms with Gasteiger partial charge < -0.3 is 10.2 Å². The van der Waals surface area contributed by atoms with E-state index in [0.29, 0.717) is 10.9 Å². The Morgan fingerprint density at radius 2 is 2.17 bits per heavy atom. The molecule has 0 bridgehead atoms. The van der Waals surface area contributed by atoms with Crippen LogP contribution in [0.2, 0.25) is 0 Å². The topological polar surface area (TPSA) is 40.5 Å². The number of rotatable bonds is 2. The monoisotopic (exact) mass is 230 g/mol. The Morgan fingerprint density at radius 3 is 2.75 bits per heavy atom. The Kier molecular flexibility index (Phi) is 3.12. The first kappa shape index (κ1) is 9.55. The number of halogens is 1. The molecule has 0 aliphatic heterocycles. The molecule has 0 unspecified atom stereocenters. The van der Waals surface area contributed by atoms with Crippen LogP contribution in [0.3, 0.4) is 0 Å². The van der Waals surface area contributed by atoms with Crippen LogP contribution in [0.4, 0.5) is 0 Å². The van der Waals surface area contributed by atoms with Crippen LogP contribution in [0.1, 0.15) is 12.5 Å². The van der Waals surface area contributed by atoms with E-state index < -0.39 is 6.10 Å². The van der Waals surface area contributed by atoms with Crippen LogP contribution in [0.5, 0.6) is 5.75 Å². The summed E-state index contributed by atoms with van der Waals surface area (Å²) in [4.78, 5) is 0. The van der Waals surface area contributed by atoms with Crippen molar-refractivity contribution in [3.63, 3.8) is 0 Å². The molecule has 0 spiro atoms. The Labute approximate surface area is 80.0 Å². The van der Waals surface area contributed by atoms with E-state index in [2.05, 4.69) is 15.9 Å². The SMILES string of the molecule is C[C@H](O)Cc1cccc(Br)c1O. The van der Waals surface area contributed by atoms with Gasteiger partial charge in [0.25, 0.3) is 0 Å². The second kappa shape index (κ2) is 3.92. The van der Waals surface area contributed by atoms with E-state index in [0.717, 1.165) is 5.56 Å². The number of hydrogen-bond donors (Lipinski definition) is 2. The largest absolute Gasteiger partial charge is 0.506 e. The minimum atomic E-state index is -0.426. The van der Waals surface area contributed by atoms with Gasteiger partial charge in [-0.05, 0) is 34.5 Å². The lowest BCUT2D eigenvalue weighted by molar-refractivity contribution is 0.194. The van der Waals surface area contributed by atoms with Gasteiger partial charge in [-0.25, -0.2) is 0 Å². The molecule has 66 valence electrons. The zero-order valence-corrected chi connectivity index (χ0v) is 8.37. The molecule has 0 saturated carbocycles. The molecule has 2 nitrogen and oxygen atoms in total. The van der Waals surface area contributed by atoms with Crippen molar-refractivity contribution in [3.8, 4) is 5.75 Å². The first-order chi connectivity index (χ1) is 5.61. The highest BCUT2D eigenvalue weighted by molar-refractivity contribution is 9.10. The highest BCUT2D eigenvalue weighted by Gasteiger charge is 2.06. The first-order valence-corrected chi connectivity index (χ1v) is 4.55. The second-order valence-corrected chi connectivity index (χ2v) is 3.66. The van der Waals surface area contributed by atoms with Crippen molar-refractivity contribution < 1.29 is 10.2 Å². The number of phenolic OH excluding ortho intramolecular Hbond substituents is 1. The summed E-state index contributed by atoms with van der Waals surface area (Å²) < 4.78 is 0.667. The van der Waals surface area contributed by atoms with Gasteiger partial charge in [0.15, 0.2) is 0 Å². The normalized spacial score (nSPS) is 12.9. The summed E-state index contributed by atoms with van der Waals surface area (Å²) in [5, 5.41) is 18.6. The van der Waals surface area contributed by atoms with Gasteiger partial charge in [0.05, 0.1) is 10.6 Å². The Bertz CT molecular complexity index is 271. The van der Waals surface area contributed by atoms with Crippen molar-refractivity contribution in [2.24, 2.45) is 0 Å². The van der Waals surface area contributed by atoms with E-state index in [1.54, 1.807) is 19.1 Å². The van der Waals surface area contributed by atoms with Crippen LogP contribution < -0.4 is 0 Å². The average Bonchev–Trinajstić information content (AvgIpc) is 1.98. The molecule has 1 rings (SSSR count). The fraction of sp³-hybridized carbons (Fsp3) is 0.333. The highest BCUT2D eigenvalue weighted by atomic mass is 79.9. The molecule has 0 aromatic heterocycles. The minimum absolute atomic E-state index is 0.221. The summed E-state index contributed by atoms with van der Waals surface area (Å²) in [6.45, 7) is 1.69. The van der Waals surface area contributed by atoms with Gasteiger partial charge in [0.2, 0.25) is 0 Å². The van der Waals surface area contributed by atoms with Gasteiger partial charge in [-0.15, -0.1) is 0 Å². The van der Waals surface area contributed by atoms with Crippen molar-refractivity contribution in [2.75, 3.05) is 0 Å². The summed E-state index contributed by atoms with van der Waals surface area (Å²) in [5.74, 6) is 0.221. The molecule has 1 aromatic rings. The number of aliphatic hydroxyl groups is 1. The van der Waals surface area contributed by atoms with Gasteiger partial charge in [-0.2, -0.15) is 0 Å². The van der Waals surface area contributed by atoms with Crippen LogP contribution in [-0.2, 0) is 6.42 Å². The van der Waals surface area contributed by atoms with E-state index in [1.165, 1.54) is 0 Å². The van der Waals surface area contributed by atoms with Crippen molar-refractivity contribution in [1.82, 2.24) is 0 Å². The molecular formula is C9H11BrO2. The van der Waals surface area contributed by atoms with E-state index in [1.807, 2.05) is 6.07 Å². The molecule has 0 amide bonds. The van der Waals surface area contributed by atoms with Gasteiger partial charge in [0.1, 0.15) is 5.75 Å². The predicted molar refractivity (Wildman–Crippen MR) is 51.2 cm³/mol. The van der Waals surface area contributed by atoms with Crippen molar-refractivity contribution >= 4 is 15.9 Å². The molecule has 2 N–H and O–H groups in total. The van der Waals surface area contributed by atoms with Crippen LogP contribution in [0.15, 0.2) is 22.7 Å². The summed E-state index contributed by atoms with van der Waals surface area (Å²) in [6.07, 6.45) is 0.0517. The van der Waals surface area contributed by atoms with Gasteiger partial charge in [-0.1, -0.05) is 12.1 Å². The lowest BCUT2D eigenvalue weighted by Gasteiger charge is -2.07. The Balaban J connectivity index is 2.92. The van der Waals surface area contributed by atoms with Crippen LogP contribution in [0, 0.1) is 0 Å². The van der Waals surface area contributed by atoms with Crippen LogP contribution in [-0.4, -0.2) is 16.3 Å². The molecule has 1 atom stereocenters. The maximum Gasteiger partial charge on any atom is 0.133 e. The quantitative estimate of drug-likeness (QED) is 0.817. The molecule has 0 saturated heterocycles. The third kappa shape index (κ3) is 2.22. The molecule has 0 radical (unpaired) electrons. The maximum atomic E-state index is 9.49. The molecule has 0 heterocycles. The molecule has 0 aliphatic carbocycles. The number of aliphatic hydroxyl groups excluding tert-OH is 1. The molecular weight excluding hydrogens is 220 g/mol. The number of benzene rings is 1. The Morgan fingerprint density at radius 1 is 1.50 bits per heavy atom. The fourth-order valence-electron chi connectivity index (χ4n) is 1.04. The van der Waals surface area contributed by atoms with Crippen LogP contribution >= 0.6 is 15.9 Å². The number of para-hydroxylation sites is 1. The lowest BCUT2D eigenvalue weighted by Crippen LogP contribution is -2.04. The number of phenols is 1. The van der Waals surface area contributed by atoms with Crippen molar-refractivity contribution in [2.45, 2.75) is 19.4 Å². The van der Waals surface area contributed by atoms with Gasteiger partial charge >= 0.3 is 0 Å². The average molecular weight is 231 g/mol. The summed E-state index contributed by atoms with van der Waals surface area (Å²) in [6, 6.07) is 5.40. The van der Waals surface area contributed by atoms with E-state index >= 15 is 0 Å². The predicted octanol–water partition coefficient (Wildman–Crippen LogP) is 2.08. The second-order valence-electron chi connectivity index (χ2n) is 2.80. The molecule has 3 heteroatoms. The lowest BCUT2D eigenvalue weighted by atomic mass is 10.1. The van der Waals surface area contributed by atoms with Crippen LogP contribution in [0.25, 0.3) is 0 Å². The Hall–Kier alpha value is -0.540. The van der Waals surface area contributed by atoms with E-state index in [9.17, 15) is 5.11 Å². The molecule has 0 fully saturated rings. The van der Waals surface area contributed by atoms with E-state index in [4.69, 9.17) is 5.11 Å². The zero-order valence-electron chi connectivity index (χ0n) is 6.79. The highest BCUT2D eigenvalue weighted by Crippen LogP contribution is 2.28. The first-order valence-electron chi connectivity index (χ1n) is 3.75. The molecule has 0 aliphatic rings. The summed E-state index contributed by atoms with van der Waals surface area (Å²) in [7, 11) is 0. The number of hydrogen-bond acceptors (Lipinski definition) is 2. The minimum Gasteiger partial charge on any atom is -0.506 e. The summed E-state index contributed by atoms with van der Waals surface area (Å²) >= 11 is 3.20.